The molecule has 124 valence electrons. The van der Waals surface area contributed by atoms with Crippen molar-refractivity contribution in [1.29, 1.82) is 0 Å². The summed E-state index contributed by atoms with van der Waals surface area (Å²) in [5.41, 5.74) is 5.35. The molecule has 1 aliphatic heterocycles. The van der Waals surface area contributed by atoms with Gasteiger partial charge in [-0.05, 0) is 43.7 Å². The van der Waals surface area contributed by atoms with E-state index >= 15 is 0 Å². The average molecular weight is 322 g/mol. The Bertz CT molecular complexity index is 866. The lowest BCUT2D eigenvalue weighted by Crippen LogP contribution is -2.51. The van der Waals surface area contributed by atoms with Crippen molar-refractivity contribution < 1.29 is 9.53 Å². The second-order valence-electron chi connectivity index (χ2n) is 7.33. The van der Waals surface area contributed by atoms with E-state index in [0.29, 0.717) is 24.5 Å². The zero-order valence-corrected chi connectivity index (χ0v) is 14.1. The molecule has 2 unspecified atom stereocenters. The second kappa shape index (κ2) is 4.96. The van der Waals surface area contributed by atoms with Gasteiger partial charge >= 0.3 is 5.97 Å². The minimum atomic E-state index is -0.0440. The van der Waals surface area contributed by atoms with Crippen LogP contribution in [0.5, 0.6) is 0 Å². The Labute approximate surface area is 141 Å². The van der Waals surface area contributed by atoms with E-state index in [1.807, 2.05) is 6.92 Å². The van der Waals surface area contributed by atoms with Gasteiger partial charge in [-0.15, -0.1) is 0 Å². The van der Waals surface area contributed by atoms with Crippen molar-refractivity contribution in [1.82, 2.24) is 9.88 Å². The number of fused-ring (bicyclic) bond motifs is 3. The third-order valence-corrected chi connectivity index (χ3v) is 6.08. The third kappa shape index (κ3) is 1.75. The van der Waals surface area contributed by atoms with Crippen LogP contribution in [0.1, 0.15) is 42.0 Å². The molecule has 3 aliphatic rings. The molecule has 1 aromatic carbocycles. The van der Waals surface area contributed by atoms with E-state index in [9.17, 15) is 4.79 Å². The first-order valence-corrected chi connectivity index (χ1v) is 8.88. The van der Waals surface area contributed by atoms with Crippen molar-refractivity contribution in [2.45, 2.75) is 31.2 Å². The zero-order valence-electron chi connectivity index (χ0n) is 14.1. The first-order chi connectivity index (χ1) is 11.7. The van der Waals surface area contributed by atoms with Gasteiger partial charge in [-0.3, -0.25) is 4.79 Å². The summed E-state index contributed by atoms with van der Waals surface area (Å²) in [6, 6.07) is 6.99. The number of hydrogen-bond acceptors (Lipinski definition) is 3. The smallest absolute Gasteiger partial charge is 0.310 e. The first kappa shape index (κ1) is 14.3. The van der Waals surface area contributed by atoms with E-state index in [-0.39, 0.29) is 11.9 Å². The van der Waals surface area contributed by atoms with Gasteiger partial charge in [-0.1, -0.05) is 18.2 Å². The van der Waals surface area contributed by atoms with Crippen molar-refractivity contribution >= 4 is 22.9 Å². The van der Waals surface area contributed by atoms with Gasteiger partial charge in [0.1, 0.15) is 0 Å². The molecule has 4 atom stereocenters. The Morgan fingerprint density at radius 1 is 1.42 bits per heavy atom. The number of esters is 1. The number of H-pyrrole nitrogens is 1. The van der Waals surface area contributed by atoms with Crippen molar-refractivity contribution in [2.24, 2.45) is 5.92 Å². The number of nitrogens with zero attached hydrogens (tertiary/aromatic N) is 1. The molecule has 0 spiro atoms. The van der Waals surface area contributed by atoms with Gasteiger partial charge in [0, 0.05) is 41.0 Å². The minimum absolute atomic E-state index is 0.0307. The quantitative estimate of drug-likeness (QED) is 0.863. The molecule has 1 saturated heterocycles. The molecule has 1 aromatic heterocycles. The number of carbonyl (C=O) groups is 1. The predicted molar refractivity (Wildman–Crippen MR) is 94.0 cm³/mol. The van der Waals surface area contributed by atoms with Crippen LogP contribution in [0.15, 0.2) is 24.3 Å². The number of likely N-dealkylation sites (N-methyl/N-ethyl adjacent to an activating group) is 1. The van der Waals surface area contributed by atoms with Crippen LogP contribution in [0.25, 0.3) is 17.0 Å². The lowest BCUT2D eigenvalue weighted by Gasteiger charge is -2.47. The molecule has 2 aromatic rings. The van der Waals surface area contributed by atoms with E-state index in [4.69, 9.17) is 4.74 Å². The van der Waals surface area contributed by atoms with Gasteiger partial charge in [0.25, 0.3) is 0 Å². The summed E-state index contributed by atoms with van der Waals surface area (Å²) >= 11 is 0. The van der Waals surface area contributed by atoms with E-state index in [2.05, 4.69) is 47.3 Å². The van der Waals surface area contributed by atoms with Crippen molar-refractivity contribution in [3.63, 3.8) is 0 Å². The molecule has 0 saturated carbocycles. The Morgan fingerprint density at radius 3 is 3.12 bits per heavy atom. The summed E-state index contributed by atoms with van der Waals surface area (Å²) in [7, 11) is 2.16. The van der Waals surface area contributed by atoms with E-state index in [1.165, 1.54) is 27.7 Å². The van der Waals surface area contributed by atoms with Gasteiger partial charge in [0.05, 0.1) is 12.5 Å². The third-order valence-electron chi connectivity index (χ3n) is 6.08. The Balaban J connectivity index is 1.64. The monoisotopic (exact) mass is 322 g/mol. The van der Waals surface area contributed by atoms with Crippen molar-refractivity contribution in [3.05, 3.63) is 41.1 Å². The molecule has 1 N–H and O–H groups in total. The number of aromatic nitrogens is 1. The van der Waals surface area contributed by atoms with Crippen LogP contribution in [0, 0.1) is 5.92 Å². The summed E-state index contributed by atoms with van der Waals surface area (Å²) in [6.07, 6.45) is 5.46. The van der Waals surface area contributed by atoms with Crippen LogP contribution in [-0.4, -0.2) is 42.1 Å². The molecular weight excluding hydrogens is 300 g/mol. The number of carbonyl (C=O) groups excluding carboxylic acids is 1. The summed E-state index contributed by atoms with van der Waals surface area (Å²) in [5.74, 6) is 0.738. The number of ether oxygens (including phenoxy) is 1. The van der Waals surface area contributed by atoms with Gasteiger partial charge in [0.2, 0.25) is 0 Å². The average Bonchev–Trinajstić information content (AvgIpc) is 3.14. The van der Waals surface area contributed by atoms with Crippen LogP contribution in [0.2, 0.25) is 0 Å². The highest BCUT2D eigenvalue weighted by atomic mass is 16.5. The Hall–Kier alpha value is -2.07. The van der Waals surface area contributed by atoms with E-state index in [1.54, 1.807) is 0 Å². The van der Waals surface area contributed by atoms with Gasteiger partial charge < -0.3 is 14.6 Å². The van der Waals surface area contributed by atoms with Crippen molar-refractivity contribution in [3.8, 4) is 0 Å². The minimum Gasteiger partial charge on any atom is -0.466 e. The lowest BCUT2D eigenvalue weighted by molar-refractivity contribution is -0.150. The fraction of sp³-hybridized carbons (Fsp3) is 0.450. The highest BCUT2D eigenvalue weighted by molar-refractivity contribution is 5.94. The number of rotatable bonds is 2. The molecule has 2 aliphatic carbocycles. The van der Waals surface area contributed by atoms with Crippen molar-refractivity contribution in [2.75, 3.05) is 20.2 Å². The number of likely N-dealkylation sites (tertiary alicyclic amines) is 1. The SMILES string of the molecule is CCOC(=O)[C@@H]1CC2c3cccc4[nH]c5c(c34)C(C=C5)[C@H]2N(C)C1. The maximum Gasteiger partial charge on any atom is 0.310 e. The highest BCUT2D eigenvalue weighted by Gasteiger charge is 2.47. The lowest BCUT2D eigenvalue weighted by atomic mass is 9.68. The van der Waals surface area contributed by atoms with Gasteiger partial charge in [-0.25, -0.2) is 0 Å². The summed E-state index contributed by atoms with van der Waals surface area (Å²) in [5, 5.41) is 1.39. The highest BCUT2D eigenvalue weighted by Crippen LogP contribution is 2.53. The summed E-state index contributed by atoms with van der Waals surface area (Å²) < 4.78 is 5.31. The normalized spacial score (nSPS) is 30.6. The molecule has 4 nitrogen and oxygen atoms in total. The maximum absolute atomic E-state index is 12.3. The number of aromatic amines is 1. The van der Waals surface area contributed by atoms with Crippen LogP contribution in [-0.2, 0) is 9.53 Å². The molecule has 2 heterocycles. The largest absolute Gasteiger partial charge is 0.466 e. The molecule has 24 heavy (non-hydrogen) atoms. The number of hydrogen-bond donors (Lipinski definition) is 1. The summed E-state index contributed by atoms with van der Waals surface area (Å²) in [6.45, 7) is 3.13. The Morgan fingerprint density at radius 2 is 2.29 bits per heavy atom. The fourth-order valence-corrected chi connectivity index (χ4v) is 5.25. The predicted octanol–water partition coefficient (Wildman–Crippen LogP) is 3.26. The standard InChI is InChI=1S/C20H22N2O2/c1-3-24-20(23)11-9-14-12-5-4-6-15-17(12)18-13(7-8-16(18)21-15)19(14)22(2)10-11/h4-8,11,13-14,19,21H,3,9-10H2,1-2H3/t11-,13?,14?,19-/m1/s1. The molecule has 0 radical (unpaired) electrons. The number of nitrogens with one attached hydrogen (secondary N) is 1. The first-order valence-electron chi connectivity index (χ1n) is 8.88. The number of benzene rings is 1. The molecule has 4 heteroatoms. The van der Waals surface area contributed by atoms with Crippen LogP contribution in [0.3, 0.4) is 0 Å². The van der Waals surface area contributed by atoms with Gasteiger partial charge in [-0.2, -0.15) is 0 Å². The van der Waals surface area contributed by atoms with Crippen LogP contribution in [0.4, 0.5) is 0 Å². The molecule has 0 amide bonds. The van der Waals surface area contributed by atoms with Gasteiger partial charge in [0.15, 0.2) is 0 Å². The topological polar surface area (TPSA) is 45.3 Å². The van der Waals surface area contributed by atoms with E-state index < -0.39 is 0 Å². The van der Waals surface area contributed by atoms with Crippen LogP contribution < -0.4 is 0 Å². The molecule has 1 fully saturated rings. The Kier molecular flexibility index (Phi) is 2.95. The summed E-state index contributed by atoms with van der Waals surface area (Å²) in [4.78, 5) is 18.3. The molecular formula is C20H22N2O2. The second-order valence-corrected chi connectivity index (χ2v) is 7.33. The zero-order chi connectivity index (χ0) is 16.4. The molecule has 0 bridgehead atoms. The molecule has 5 rings (SSSR count). The fourth-order valence-electron chi connectivity index (χ4n) is 5.25. The van der Waals surface area contributed by atoms with E-state index in [0.717, 1.165) is 13.0 Å². The maximum atomic E-state index is 12.3. The van der Waals surface area contributed by atoms with Crippen LogP contribution >= 0.6 is 0 Å². The number of piperidine rings is 1.